The minimum absolute atomic E-state index is 0.0102. The average molecular weight is 252 g/mol. The molecule has 0 saturated carbocycles. The molecule has 1 fully saturated rings. The van der Waals surface area contributed by atoms with Gasteiger partial charge in [0, 0.05) is 4.88 Å². The zero-order valence-electron chi connectivity index (χ0n) is 10.4. The van der Waals surface area contributed by atoms with Gasteiger partial charge in [-0.05, 0) is 36.8 Å². The number of hydrogen-bond donors (Lipinski definition) is 2. The third kappa shape index (κ3) is 2.87. The standard InChI is InChI=1S/C13H20N2OS/c1-3-10(11-5-4-8-17-11)15-13(16)12-9(2)6-7-14-12/h4-5,8-10,12,14H,3,6-7H2,1-2H3,(H,15,16). The van der Waals surface area contributed by atoms with Crippen molar-refractivity contribution < 1.29 is 4.79 Å². The van der Waals surface area contributed by atoms with Crippen molar-refractivity contribution in [2.75, 3.05) is 6.54 Å². The fourth-order valence-corrected chi connectivity index (χ4v) is 3.17. The smallest absolute Gasteiger partial charge is 0.237 e. The Hall–Kier alpha value is -0.870. The van der Waals surface area contributed by atoms with E-state index in [0.29, 0.717) is 5.92 Å². The van der Waals surface area contributed by atoms with Gasteiger partial charge >= 0.3 is 0 Å². The van der Waals surface area contributed by atoms with Gasteiger partial charge in [0.05, 0.1) is 12.1 Å². The molecule has 4 heteroatoms. The van der Waals surface area contributed by atoms with Gasteiger partial charge in [0.2, 0.25) is 5.91 Å². The maximum absolute atomic E-state index is 12.2. The van der Waals surface area contributed by atoms with E-state index in [1.165, 1.54) is 4.88 Å². The second-order valence-electron chi connectivity index (χ2n) is 4.68. The molecule has 1 aromatic heterocycles. The van der Waals surface area contributed by atoms with Crippen molar-refractivity contribution in [1.82, 2.24) is 10.6 Å². The fourth-order valence-electron chi connectivity index (χ4n) is 2.31. The van der Waals surface area contributed by atoms with E-state index in [-0.39, 0.29) is 18.0 Å². The summed E-state index contributed by atoms with van der Waals surface area (Å²) in [5.74, 6) is 0.589. The van der Waals surface area contributed by atoms with Crippen LogP contribution in [0.5, 0.6) is 0 Å². The maximum Gasteiger partial charge on any atom is 0.237 e. The minimum Gasteiger partial charge on any atom is -0.347 e. The van der Waals surface area contributed by atoms with E-state index in [1.807, 2.05) is 6.07 Å². The Balaban J connectivity index is 1.97. The first-order chi connectivity index (χ1) is 8.22. The van der Waals surface area contributed by atoms with Crippen molar-refractivity contribution >= 4 is 17.2 Å². The highest BCUT2D eigenvalue weighted by molar-refractivity contribution is 7.10. The van der Waals surface area contributed by atoms with Crippen LogP contribution in [0.4, 0.5) is 0 Å². The van der Waals surface area contributed by atoms with Crippen LogP contribution >= 0.6 is 11.3 Å². The molecule has 3 nitrogen and oxygen atoms in total. The molecule has 17 heavy (non-hydrogen) atoms. The molecule has 3 atom stereocenters. The third-order valence-corrected chi connectivity index (χ3v) is 4.41. The summed E-state index contributed by atoms with van der Waals surface area (Å²) in [7, 11) is 0. The summed E-state index contributed by atoms with van der Waals surface area (Å²) in [5, 5.41) is 8.48. The van der Waals surface area contributed by atoms with Gasteiger partial charge < -0.3 is 10.6 Å². The highest BCUT2D eigenvalue weighted by atomic mass is 32.1. The molecule has 0 radical (unpaired) electrons. The monoisotopic (exact) mass is 252 g/mol. The second-order valence-corrected chi connectivity index (χ2v) is 5.66. The van der Waals surface area contributed by atoms with Crippen molar-refractivity contribution in [2.45, 2.75) is 38.8 Å². The van der Waals surface area contributed by atoms with Crippen LogP contribution in [0.15, 0.2) is 17.5 Å². The lowest BCUT2D eigenvalue weighted by Gasteiger charge is -2.20. The number of amides is 1. The molecular weight excluding hydrogens is 232 g/mol. The van der Waals surface area contributed by atoms with Crippen LogP contribution in [0, 0.1) is 5.92 Å². The van der Waals surface area contributed by atoms with Crippen LogP contribution < -0.4 is 10.6 Å². The van der Waals surface area contributed by atoms with Gasteiger partial charge in [0.1, 0.15) is 0 Å². The Morgan fingerprint density at radius 2 is 2.53 bits per heavy atom. The first-order valence-electron chi connectivity index (χ1n) is 6.29. The number of carbonyl (C=O) groups excluding carboxylic acids is 1. The molecule has 2 rings (SSSR count). The number of thiophene rings is 1. The van der Waals surface area contributed by atoms with E-state index in [9.17, 15) is 4.79 Å². The predicted octanol–water partition coefficient (Wildman–Crippen LogP) is 2.31. The normalized spacial score (nSPS) is 25.8. The topological polar surface area (TPSA) is 41.1 Å². The number of nitrogens with one attached hydrogen (secondary N) is 2. The summed E-state index contributed by atoms with van der Waals surface area (Å²) in [6.45, 7) is 5.20. The van der Waals surface area contributed by atoms with Gasteiger partial charge in [-0.3, -0.25) is 4.79 Å². The molecule has 0 spiro atoms. The molecule has 0 aliphatic carbocycles. The molecule has 1 aromatic rings. The SMILES string of the molecule is CCC(NC(=O)C1NCCC1C)c1cccs1. The van der Waals surface area contributed by atoms with Gasteiger partial charge in [0.25, 0.3) is 0 Å². The zero-order chi connectivity index (χ0) is 12.3. The first-order valence-corrected chi connectivity index (χ1v) is 7.17. The van der Waals surface area contributed by atoms with Gasteiger partial charge in [0.15, 0.2) is 0 Å². The van der Waals surface area contributed by atoms with Crippen LogP contribution in [0.2, 0.25) is 0 Å². The summed E-state index contributed by atoms with van der Waals surface area (Å²) >= 11 is 1.71. The molecule has 0 aromatic carbocycles. The summed E-state index contributed by atoms with van der Waals surface area (Å²) in [4.78, 5) is 13.4. The Kier molecular flexibility index (Phi) is 4.18. The van der Waals surface area contributed by atoms with E-state index in [1.54, 1.807) is 11.3 Å². The lowest BCUT2D eigenvalue weighted by molar-refractivity contribution is -0.124. The summed E-state index contributed by atoms with van der Waals surface area (Å²) in [5.41, 5.74) is 0. The van der Waals surface area contributed by atoms with Crippen molar-refractivity contribution in [2.24, 2.45) is 5.92 Å². The van der Waals surface area contributed by atoms with E-state index in [4.69, 9.17) is 0 Å². The average Bonchev–Trinajstić information content (AvgIpc) is 2.96. The van der Waals surface area contributed by atoms with Crippen LogP contribution in [-0.4, -0.2) is 18.5 Å². The van der Waals surface area contributed by atoms with Crippen molar-refractivity contribution in [3.8, 4) is 0 Å². The van der Waals surface area contributed by atoms with Crippen molar-refractivity contribution in [3.05, 3.63) is 22.4 Å². The van der Waals surface area contributed by atoms with Crippen molar-refractivity contribution in [3.63, 3.8) is 0 Å². The molecule has 2 heterocycles. The largest absolute Gasteiger partial charge is 0.347 e. The molecule has 1 saturated heterocycles. The summed E-state index contributed by atoms with van der Waals surface area (Å²) in [6.07, 6.45) is 2.03. The molecule has 3 unspecified atom stereocenters. The predicted molar refractivity (Wildman–Crippen MR) is 71.1 cm³/mol. The number of hydrogen-bond acceptors (Lipinski definition) is 3. The molecule has 2 N–H and O–H groups in total. The van der Waals surface area contributed by atoms with E-state index in [0.717, 1.165) is 19.4 Å². The lowest BCUT2D eigenvalue weighted by Crippen LogP contribution is -2.44. The fraction of sp³-hybridized carbons (Fsp3) is 0.615. The Morgan fingerprint density at radius 1 is 1.71 bits per heavy atom. The molecule has 1 aliphatic heterocycles. The zero-order valence-corrected chi connectivity index (χ0v) is 11.2. The third-order valence-electron chi connectivity index (χ3n) is 3.43. The number of carbonyl (C=O) groups is 1. The molecule has 0 bridgehead atoms. The highest BCUT2D eigenvalue weighted by Crippen LogP contribution is 2.23. The summed E-state index contributed by atoms with van der Waals surface area (Å²) < 4.78 is 0. The van der Waals surface area contributed by atoms with Gasteiger partial charge in [-0.25, -0.2) is 0 Å². The Morgan fingerprint density at radius 3 is 3.06 bits per heavy atom. The minimum atomic E-state index is -0.0102. The second kappa shape index (κ2) is 5.65. The van der Waals surface area contributed by atoms with Crippen LogP contribution in [0.3, 0.4) is 0 Å². The highest BCUT2D eigenvalue weighted by Gasteiger charge is 2.30. The van der Waals surface area contributed by atoms with Crippen LogP contribution in [-0.2, 0) is 4.79 Å². The first kappa shape index (κ1) is 12.6. The lowest BCUT2D eigenvalue weighted by atomic mass is 10.0. The van der Waals surface area contributed by atoms with E-state index < -0.39 is 0 Å². The van der Waals surface area contributed by atoms with Gasteiger partial charge in [-0.15, -0.1) is 11.3 Å². The number of rotatable bonds is 4. The van der Waals surface area contributed by atoms with Gasteiger partial charge in [-0.2, -0.15) is 0 Å². The Bertz CT molecular complexity index is 364. The molecular formula is C13H20N2OS. The van der Waals surface area contributed by atoms with Gasteiger partial charge in [-0.1, -0.05) is 19.9 Å². The Labute approximate surface area is 107 Å². The van der Waals surface area contributed by atoms with Crippen molar-refractivity contribution in [1.29, 1.82) is 0 Å². The molecule has 1 amide bonds. The van der Waals surface area contributed by atoms with Crippen LogP contribution in [0.1, 0.15) is 37.6 Å². The quantitative estimate of drug-likeness (QED) is 0.863. The molecule has 94 valence electrons. The van der Waals surface area contributed by atoms with Crippen LogP contribution in [0.25, 0.3) is 0 Å². The molecule has 1 aliphatic rings. The summed E-state index contributed by atoms with van der Waals surface area (Å²) in [6, 6.07) is 4.27. The van der Waals surface area contributed by atoms with E-state index >= 15 is 0 Å². The maximum atomic E-state index is 12.2. The van der Waals surface area contributed by atoms with E-state index in [2.05, 4.69) is 35.9 Å².